The number of carbonyl (C=O) groups is 1. The van der Waals surface area contributed by atoms with Crippen molar-refractivity contribution < 1.29 is 9.69 Å². The van der Waals surface area contributed by atoms with Crippen LogP contribution in [0.15, 0.2) is 24.3 Å². The van der Waals surface area contributed by atoms with Gasteiger partial charge in [0.05, 0.1) is 13.1 Å². The summed E-state index contributed by atoms with van der Waals surface area (Å²) in [5.41, 5.74) is 2.18. The maximum atomic E-state index is 12.1. The molecule has 0 bridgehead atoms. The van der Waals surface area contributed by atoms with Crippen molar-refractivity contribution in [1.82, 2.24) is 0 Å². The number of carbonyl (C=O) groups excluding carboxylic acids is 1. The van der Waals surface area contributed by atoms with Crippen molar-refractivity contribution in [2.45, 2.75) is 33.1 Å². The van der Waals surface area contributed by atoms with Crippen molar-refractivity contribution >= 4 is 11.6 Å². The van der Waals surface area contributed by atoms with E-state index in [1.807, 2.05) is 18.2 Å². The summed E-state index contributed by atoms with van der Waals surface area (Å²) in [5.74, 6) is 0.893. The van der Waals surface area contributed by atoms with E-state index in [0.717, 1.165) is 31.1 Å². The van der Waals surface area contributed by atoms with E-state index >= 15 is 0 Å². The summed E-state index contributed by atoms with van der Waals surface area (Å²) in [5, 5.41) is 3.06. The zero-order chi connectivity index (χ0) is 13.7. The van der Waals surface area contributed by atoms with E-state index in [2.05, 4.69) is 25.2 Å². The molecule has 3 heteroatoms. The number of quaternary nitrogens is 1. The lowest BCUT2D eigenvalue weighted by Gasteiger charge is -2.27. The molecule has 0 aliphatic carbocycles. The number of para-hydroxylation sites is 1. The van der Waals surface area contributed by atoms with Crippen molar-refractivity contribution in [3.05, 3.63) is 29.8 Å². The molecule has 1 heterocycles. The molecular weight excluding hydrogens is 236 g/mol. The number of rotatable bonds is 4. The van der Waals surface area contributed by atoms with E-state index in [9.17, 15) is 4.79 Å². The van der Waals surface area contributed by atoms with E-state index in [0.29, 0.717) is 6.54 Å². The zero-order valence-electron chi connectivity index (χ0n) is 12.0. The van der Waals surface area contributed by atoms with Crippen molar-refractivity contribution in [1.29, 1.82) is 0 Å². The molecule has 1 fully saturated rings. The van der Waals surface area contributed by atoms with Crippen molar-refractivity contribution in [3.8, 4) is 0 Å². The number of nitrogens with one attached hydrogen (secondary N) is 2. The van der Waals surface area contributed by atoms with Crippen LogP contribution in [0, 0.1) is 5.92 Å². The molecular formula is C16H25N2O+. The topological polar surface area (TPSA) is 33.5 Å². The molecule has 3 nitrogen and oxygen atoms in total. The number of anilines is 1. The van der Waals surface area contributed by atoms with Gasteiger partial charge in [0.15, 0.2) is 6.54 Å². The first kappa shape index (κ1) is 14.1. The highest BCUT2D eigenvalue weighted by molar-refractivity contribution is 5.92. The molecule has 0 spiro atoms. The van der Waals surface area contributed by atoms with Crippen molar-refractivity contribution in [3.63, 3.8) is 0 Å². The van der Waals surface area contributed by atoms with Crippen LogP contribution in [0.5, 0.6) is 0 Å². The van der Waals surface area contributed by atoms with Gasteiger partial charge in [-0.3, -0.25) is 4.79 Å². The Hall–Kier alpha value is -1.35. The van der Waals surface area contributed by atoms with Gasteiger partial charge in [-0.25, -0.2) is 0 Å². The van der Waals surface area contributed by atoms with Crippen molar-refractivity contribution in [2.24, 2.45) is 5.92 Å². The molecule has 104 valence electrons. The molecule has 0 radical (unpaired) electrons. The minimum absolute atomic E-state index is 0.144. The number of hydrogen-bond donors (Lipinski definition) is 2. The highest BCUT2D eigenvalue weighted by Gasteiger charge is 2.22. The molecule has 1 saturated heterocycles. The molecule has 1 aliphatic rings. The van der Waals surface area contributed by atoms with E-state index in [1.54, 1.807) is 0 Å². The molecule has 0 saturated carbocycles. The minimum atomic E-state index is 0.144. The maximum absolute atomic E-state index is 12.1. The SMILES string of the molecule is CCc1ccccc1NC(=O)C[NH+]1CCC[C@@H](C)C1. The third kappa shape index (κ3) is 4.06. The minimum Gasteiger partial charge on any atom is -0.327 e. The van der Waals surface area contributed by atoms with E-state index < -0.39 is 0 Å². The van der Waals surface area contributed by atoms with Crippen LogP contribution in [-0.2, 0) is 11.2 Å². The normalized spacial score (nSPS) is 23.1. The van der Waals surface area contributed by atoms with Gasteiger partial charge in [-0.2, -0.15) is 0 Å². The number of hydrogen-bond acceptors (Lipinski definition) is 1. The monoisotopic (exact) mass is 261 g/mol. The highest BCUT2D eigenvalue weighted by atomic mass is 16.2. The lowest BCUT2D eigenvalue weighted by atomic mass is 10.0. The average molecular weight is 261 g/mol. The second-order valence-corrected chi connectivity index (χ2v) is 5.69. The van der Waals surface area contributed by atoms with Crippen LogP contribution in [0.2, 0.25) is 0 Å². The molecule has 1 unspecified atom stereocenters. The van der Waals surface area contributed by atoms with Crippen LogP contribution in [0.4, 0.5) is 5.69 Å². The predicted molar refractivity (Wildman–Crippen MR) is 78.4 cm³/mol. The number of benzene rings is 1. The Labute approximate surface area is 116 Å². The van der Waals surface area contributed by atoms with Gasteiger partial charge in [0, 0.05) is 11.6 Å². The Morgan fingerprint density at radius 2 is 2.21 bits per heavy atom. The first-order valence-electron chi connectivity index (χ1n) is 7.40. The van der Waals surface area contributed by atoms with Gasteiger partial charge < -0.3 is 10.2 Å². The van der Waals surface area contributed by atoms with Crippen LogP contribution in [0.25, 0.3) is 0 Å². The zero-order valence-corrected chi connectivity index (χ0v) is 12.0. The van der Waals surface area contributed by atoms with Gasteiger partial charge >= 0.3 is 0 Å². The van der Waals surface area contributed by atoms with E-state index in [1.165, 1.54) is 23.3 Å². The summed E-state index contributed by atoms with van der Waals surface area (Å²) >= 11 is 0. The highest BCUT2D eigenvalue weighted by Crippen LogP contribution is 2.14. The fourth-order valence-corrected chi connectivity index (χ4v) is 2.93. The molecule has 0 aromatic heterocycles. The number of aryl methyl sites for hydroxylation is 1. The summed E-state index contributed by atoms with van der Waals surface area (Å²) in [6.07, 6.45) is 3.50. The second-order valence-electron chi connectivity index (χ2n) is 5.69. The summed E-state index contributed by atoms with van der Waals surface area (Å²) in [4.78, 5) is 13.5. The smallest absolute Gasteiger partial charge is 0.279 e. The Morgan fingerprint density at radius 3 is 2.95 bits per heavy atom. The second kappa shape index (κ2) is 6.71. The number of amides is 1. The average Bonchev–Trinajstić information content (AvgIpc) is 2.39. The molecule has 1 aliphatic heterocycles. The summed E-state index contributed by atoms with van der Waals surface area (Å²) in [7, 11) is 0. The van der Waals surface area contributed by atoms with Gasteiger partial charge in [-0.15, -0.1) is 0 Å². The van der Waals surface area contributed by atoms with Crippen LogP contribution in [-0.4, -0.2) is 25.5 Å². The van der Waals surface area contributed by atoms with E-state index in [4.69, 9.17) is 0 Å². The molecule has 2 N–H and O–H groups in total. The molecule has 1 amide bonds. The van der Waals surface area contributed by atoms with Gasteiger partial charge in [-0.1, -0.05) is 32.0 Å². The molecule has 1 aromatic carbocycles. The van der Waals surface area contributed by atoms with Gasteiger partial charge in [0.1, 0.15) is 0 Å². The molecule has 19 heavy (non-hydrogen) atoms. The van der Waals surface area contributed by atoms with Crippen LogP contribution in [0.3, 0.4) is 0 Å². The van der Waals surface area contributed by atoms with Crippen LogP contribution in [0.1, 0.15) is 32.3 Å². The fraction of sp³-hybridized carbons (Fsp3) is 0.562. The maximum Gasteiger partial charge on any atom is 0.279 e. The standard InChI is InChI=1S/C16H24N2O/c1-3-14-8-4-5-9-15(14)17-16(19)12-18-10-6-7-13(2)11-18/h4-5,8-9,13H,3,6-7,10-12H2,1-2H3,(H,17,19)/p+1/t13-/m1/s1. The largest absolute Gasteiger partial charge is 0.327 e. The van der Waals surface area contributed by atoms with Gasteiger partial charge in [0.25, 0.3) is 5.91 Å². The Balaban J connectivity index is 1.90. The molecule has 2 rings (SSSR count). The Kier molecular flexibility index (Phi) is 4.97. The quantitative estimate of drug-likeness (QED) is 0.846. The fourth-order valence-electron chi connectivity index (χ4n) is 2.93. The van der Waals surface area contributed by atoms with Gasteiger partial charge in [0.2, 0.25) is 0 Å². The first-order chi connectivity index (χ1) is 9.19. The number of piperidine rings is 1. The van der Waals surface area contributed by atoms with E-state index in [-0.39, 0.29) is 5.91 Å². The van der Waals surface area contributed by atoms with Gasteiger partial charge in [-0.05, 0) is 30.9 Å². The summed E-state index contributed by atoms with van der Waals surface area (Å²) in [6.45, 7) is 7.25. The Morgan fingerprint density at radius 1 is 1.42 bits per heavy atom. The number of likely N-dealkylation sites (tertiary alicyclic amines) is 1. The molecule has 1 aromatic rings. The Bertz CT molecular complexity index is 431. The predicted octanol–water partition coefficient (Wildman–Crippen LogP) is 1.50. The summed E-state index contributed by atoms with van der Waals surface area (Å²) < 4.78 is 0. The van der Waals surface area contributed by atoms with Crippen LogP contribution < -0.4 is 10.2 Å². The van der Waals surface area contributed by atoms with Crippen LogP contribution >= 0.6 is 0 Å². The van der Waals surface area contributed by atoms with Crippen molar-refractivity contribution in [2.75, 3.05) is 25.0 Å². The first-order valence-corrected chi connectivity index (χ1v) is 7.40. The molecule has 2 atom stereocenters. The third-order valence-electron chi connectivity index (χ3n) is 3.95. The third-order valence-corrected chi connectivity index (χ3v) is 3.95. The lowest BCUT2D eigenvalue weighted by molar-refractivity contribution is -0.900. The summed E-state index contributed by atoms with van der Waals surface area (Å²) in [6, 6.07) is 8.06. The lowest BCUT2D eigenvalue weighted by Crippen LogP contribution is -3.14.